The Bertz CT molecular complexity index is 2960. The molecule has 0 spiro atoms. The van der Waals surface area contributed by atoms with E-state index in [4.69, 9.17) is 0 Å². The van der Waals surface area contributed by atoms with E-state index in [0.29, 0.717) is 0 Å². The summed E-state index contributed by atoms with van der Waals surface area (Å²) in [4.78, 5) is 0. The zero-order valence-electron chi connectivity index (χ0n) is 22.5. The average molecular weight is 525 g/mol. The van der Waals surface area contributed by atoms with Crippen molar-refractivity contribution < 1.29 is 0 Å². The monoisotopic (exact) mass is 524 g/mol. The second kappa shape index (κ2) is 6.54. The van der Waals surface area contributed by atoms with Crippen LogP contribution in [0.2, 0.25) is 0 Å². The molecule has 12 rings (SSSR count). The van der Waals surface area contributed by atoms with Crippen LogP contribution in [0.4, 0.5) is 0 Å². The summed E-state index contributed by atoms with van der Waals surface area (Å²) < 4.78 is 0. The lowest BCUT2D eigenvalue weighted by atomic mass is 9.92. The molecule has 0 saturated heterocycles. The third-order valence-corrected chi connectivity index (χ3v) is 10.6. The molecule has 0 heterocycles. The van der Waals surface area contributed by atoms with E-state index in [1.165, 1.54) is 119 Å². The molecule has 42 heavy (non-hydrogen) atoms. The molecule has 188 valence electrons. The first-order chi connectivity index (χ1) is 20.8. The zero-order chi connectivity index (χ0) is 26.8. The Hall–Kier alpha value is -5.46. The van der Waals surface area contributed by atoms with Crippen LogP contribution in [0.25, 0.3) is 119 Å². The molecule has 1 aliphatic rings. The predicted molar refractivity (Wildman–Crippen MR) is 182 cm³/mol. The molecule has 0 aliphatic heterocycles. The average Bonchev–Trinajstić information content (AvgIpc) is 3.64. The minimum absolute atomic E-state index is 1.32. The van der Waals surface area contributed by atoms with E-state index >= 15 is 0 Å². The fraction of sp³-hybridized carbons (Fsp3) is 0. The minimum atomic E-state index is 1.32. The van der Waals surface area contributed by atoms with Crippen LogP contribution in [-0.2, 0) is 0 Å². The van der Waals surface area contributed by atoms with Gasteiger partial charge in [-0.2, -0.15) is 0 Å². The van der Waals surface area contributed by atoms with E-state index in [2.05, 4.69) is 121 Å². The molecule has 0 amide bonds. The van der Waals surface area contributed by atoms with E-state index in [1.54, 1.807) is 0 Å². The van der Waals surface area contributed by atoms with E-state index < -0.39 is 0 Å². The molecule has 1 aliphatic carbocycles. The van der Waals surface area contributed by atoms with Gasteiger partial charge < -0.3 is 0 Å². The highest BCUT2D eigenvalue weighted by Gasteiger charge is 2.25. The third-order valence-electron chi connectivity index (χ3n) is 10.6. The van der Waals surface area contributed by atoms with Crippen LogP contribution in [0.15, 0.2) is 121 Å². The quantitative estimate of drug-likeness (QED) is 0.173. The maximum atomic E-state index is 2.46. The van der Waals surface area contributed by atoms with Crippen LogP contribution in [0, 0.1) is 0 Å². The Morgan fingerprint density at radius 2 is 0.690 bits per heavy atom. The Labute approximate surface area is 240 Å². The second-order valence-corrected chi connectivity index (χ2v) is 12.4. The lowest BCUT2D eigenvalue weighted by Gasteiger charge is -2.11. The van der Waals surface area contributed by atoms with Crippen molar-refractivity contribution in [2.45, 2.75) is 0 Å². The van der Waals surface area contributed by atoms with Crippen molar-refractivity contribution in [3.8, 4) is 22.3 Å². The standard InChI is InChI=1S/C42H20/c1-2-7-27-26(6-1)28-12-14-31-33-17-24-19-35-30-11-10-22-9-8-21-4-3-5-23-16-37(42(30)39(22)38(21)23)36(35)20-25(24)18-34(33)32-15-13-29(27)40(28)41(31)32/h1-20H. The smallest absolute Gasteiger partial charge is 0.00137 e. The lowest BCUT2D eigenvalue weighted by Crippen LogP contribution is -1.83. The molecule has 0 fully saturated rings. The van der Waals surface area contributed by atoms with Crippen molar-refractivity contribution in [1.82, 2.24) is 0 Å². The SMILES string of the molecule is c1ccc2c(c1)-c1ccc3c4cc5cc6c(cc5cc4c4ccc-2c1c34)c1cc2cccc3ccc4ccc6c1c4c32. The van der Waals surface area contributed by atoms with Gasteiger partial charge in [0.2, 0.25) is 0 Å². The first-order valence-electron chi connectivity index (χ1n) is 14.9. The van der Waals surface area contributed by atoms with Crippen LogP contribution >= 0.6 is 0 Å². The fourth-order valence-electron chi connectivity index (χ4n) is 8.87. The Morgan fingerprint density at radius 3 is 1.33 bits per heavy atom. The van der Waals surface area contributed by atoms with Gasteiger partial charge in [-0.05, 0) is 150 Å². The Kier molecular flexibility index (Phi) is 3.18. The zero-order valence-corrected chi connectivity index (χ0v) is 22.5. The van der Waals surface area contributed by atoms with E-state index in [0.717, 1.165) is 0 Å². The van der Waals surface area contributed by atoms with Crippen LogP contribution in [-0.4, -0.2) is 0 Å². The van der Waals surface area contributed by atoms with Gasteiger partial charge in [0.15, 0.2) is 0 Å². The molecule has 11 aromatic rings. The normalized spacial score (nSPS) is 13.2. The Balaban J connectivity index is 1.24. The van der Waals surface area contributed by atoms with Gasteiger partial charge in [0.05, 0.1) is 0 Å². The molecule has 0 radical (unpaired) electrons. The number of benzene rings is 9. The summed E-state index contributed by atoms with van der Waals surface area (Å²) in [6, 6.07) is 46.5. The maximum Gasteiger partial charge on any atom is -0.00137 e. The predicted octanol–water partition coefficient (Wildman–Crippen LogP) is 12.0. The van der Waals surface area contributed by atoms with Crippen molar-refractivity contribution in [3.63, 3.8) is 0 Å². The molecule has 0 heteroatoms. The topological polar surface area (TPSA) is 0 Å². The first-order valence-corrected chi connectivity index (χ1v) is 14.9. The molecule has 0 atom stereocenters. The van der Waals surface area contributed by atoms with Crippen LogP contribution in [0.1, 0.15) is 0 Å². The van der Waals surface area contributed by atoms with Crippen molar-refractivity contribution in [1.29, 1.82) is 0 Å². The summed E-state index contributed by atoms with van der Waals surface area (Å²) in [5.41, 5.74) is 5.47. The molecule has 0 nitrogen and oxygen atoms in total. The number of fused-ring (bicyclic) bond motifs is 10. The molecule has 0 aromatic heterocycles. The molecule has 0 N–H and O–H groups in total. The maximum absolute atomic E-state index is 2.46. The van der Waals surface area contributed by atoms with Crippen molar-refractivity contribution in [3.05, 3.63) is 121 Å². The summed E-state index contributed by atoms with van der Waals surface area (Å²) >= 11 is 0. The molecule has 0 bridgehead atoms. The van der Waals surface area contributed by atoms with Crippen molar-refractivity contribution in [2.75, 3.05) is 0 Å². The number of rotatable bonds is 0. The van der Waals surface area contributed by atoms with Crippen LogP contribution in [0.3, 0.4) is 0 Å². The van der Waals surface area contributed by atoms with E-state index in [9.17, 15) is 0 Å². The number of hydrogen-bond acceptors (Lipinski definition) is 0. The Morgan fingerprint density at radius 1 is 0.214 bits per heavy atom. The van der Waals surface area contributed by atoms with Crippen LogP contribution < -0.4 is 0 Å². The highest BCUT2D eigenvalue weighted by molar-refractivity contribution is 6.41. The lowest BCUT2D eigenvalue weighted by molar-refractivity contribution is 1.70. The van der Waals surface area contributed by atoms with Crippen molar-refractivity contribution in [2.24, 2.45) is 0 Å². The summed E-state index contributed by atoms with van der Waals surface area (Å²) in [6.07, 6.45) is 0. The minimum Gasteiger partial charge on any atom is -0.0616 e. The fourth-order valence-corrected chi connectivity index (χ4v) is 8.87. The van der Waals surface area contributed by atoms with Gasteiger partial charge in [0, 0.05) is 0 Å². The van der Waals surface area contributed by atoms with E-state index in [-0.39, 0.29) is 0 Å². The van der Waals surface area contributed by atoms with Gasteiger partial charge >= 0.3 is 0 Å². The highest BCUT2D eigenvalue weighted by atomic mass is 14.3. The summed E-state index contributed by atoms with van der Waals surface area (Å²) in [6.45, 7) is 0. The van der Waals surface area contributed by atoms with Gasteiger partial charge in [-0.1, -0.05) is 91.0 Å². The molecule has 0 saturated carbocycles. The third kappa shape index (κ3) is 2.12. The van der Waals surface area contributed by atoms with Crippen LogP contribution in [0.5, 0.6) is 0 Å². The molecule has 0 unspecified atom stereocenters. The molecular weight excluding hydrogens is 504 g/mol. The summed E-state index contributed by atoms with van der Waals surface area (Å²) in [5.74, 6) is 0. The van der Waals surface area contributed by atoms with Gasteiger partial charge in [-0.15, -0.1) is 0 Å². The largest absolute Gasteiger partial charge is 0.0616 e. The van der Waals surface area contributed by atoms with Crippen molar-refractivity contribution >= 4 is 97.0 Å². The first kappa shape index (κ1) is 20.4. The van der Waals surface area contributed by atoms with E-state index in [1.807, 2.05) is 0 Å². The second-order valence-electron chi connectivity index (χ2n) is 12.4. The molecule has 11 aromatic carbocycles. The van der Waals surface area contributed by atoms with Gasteiger partial charge in [0.25, 0.3) is 0 Å². The molecular formula is C42H20. The van der Waals surface area contributed by atoms with Gasteiger partial charge in [-0.25, -0.2) is 0 Å². The number of hydrogen-bond donors (Lipinski definition) is 0. The summed E-state index contributed by atoms with van der Waals surface area (Å²) in [7, 11) is 0. The van der Waals surface area contributed by atoms with Gasteiger partial charge in [0.1, 0.15) is 0 Å². The summed E-state index contributed by atoms with van der Waals surface area (Å²) in [5, 5.41) is 24.7. The highest BCUT2D eigenvalue weighted by Crippen LogP contribution is 2.53. The van der Waals surface area contributed by atoms with Gasteiger partial charge in [-0.3, -0.25) is 0 Å².